The Bertz CT molecular complexity index is 457. The topological polar surface area (TPSA) is 78.4 Å². The van der Waals surface area contributed by atoms with Gasteiger partial charge in [0.15, 0.2) is 0 Å². The van der Waals surface area contributed by atoms with E-state index in [1.807, 2.05) is 37.3 Å². The molecule has 0 heterocycles. The molecule has 1 amide bonds. The highest BCUT2D eigenvalue weighted by molar-refractivity contribution is 5.81. The molecule has 0 bridgehead atoms. The minimum Gasteiger partial charge on any atom is -0.480 e. The first-order valence-electron chi connectivity index (χ1n) is 6.63. The minimum absolute atomic E-state index is 0.0131. The molecule has 110 valence electrons. The maximum atomic E-state index is 11.7. The van der Waals surface area contributed by atoms with E-state index in [2.05, 4.69) is 10.6 Å². The molecule has 5 nitrogen and oxygen atoms in total. The van der Waals surface area contributed by atoms with Gasteiger partial charge < -0.3 is 10.4 Å². The first-order chi connectivity index (χ1) is 9.33. The van der Waals surface area contributed by atoms with Crippen LogP contribution in [-0.4, -0.2) is 35.6 Å². The normalized spacial score (nSPS) is 12.8. The molecule has 0 aliphatic rings. The third-order valence-electron chi connectivity index (χ3n) is 3.20. The van der Waals surface area contributed by atoms with Gasteiger partial charge in [0.25, 0.3) is 0 Å². The van der Waals surface area contributed by atoms with E-state index in [4.69, 9.17) is 5.11 Å². The van der Waals surface area contributed by atoms with E-state index < -0.39 is 11.5 Å². The van der Waals surface area contributed by atoms with Gasteiger partial charge in [-0.25, -0.2) is 0 Å². The van der Waals surface area contributed by atoms with Crippen LogP contribution in [0.15, 0.2) is 30.3 Å². The SMILES string of the molecule is CC(CNC(=O)CNC(C)(C)C(=O)O)c1ccccc1. The van der Waals surface area contributed by atoms with Gasteiger partial charge in [0.05, 0.1) is 6.54 Å². The molecule has 0 saturated heterocycles. The second-order valence-electron chi connectivity index (χ2n) is 5.40. The summed E-state index contributed by atoms with van der Waals surface area (Å²) in [6.07, 6.45) is 0. The zero-order valence-electron chi connectivity index (χ0n) is 12.1. The smallest absolute Gasteiger partial charge is 0.323 e. The summed E-state index contributed by atoms with van der Waals surface area (Å²) in [6, 6.07) is 9.91. The van der Waals surface area contributed by atoms with Crippen molar-refractivity contribution < 1.29 is 14.7 Å². The number of carboxylic acid groups (broad SMARTS) is 1. The molecule has 0 aliphatic carbocycles. The molecule has 1 aromatic carbocycles. The largest absolute Gasteiger partial charge is 0.480 e. The lowest BCUT2D eigenvalue weighted by molar-refractivity contribution is -0.143. The molecule has 1 aromatic rings. The number of carboxylic acids is 1. The number of hydrogen-bond donors (Lipinski definition) is 3. The van der Waals surface area contributed by atoms with Crippen molar-refractivity contribution in [2.24, 2.45) is 0 Å². The van der Waals surface area contributed by atoms with Gasteiger partial charge in [0.1, 0.15) is 5.54 Å². The van der Waals surface area contributed by atoms with Crippen LogP contribution in [0, 0.1) is 0 Å². The third kappa shape index (κ3) is 5.01. The molecular formula is C15H22N2O3. The van der Waals surface area contributed by atoms with E-state index in [9.17, 15) is 9.59 Å². The Hall–Kier alpha value is -1.88. The maximum Gasteiger partial charge on any atom is 0.323 e. The molecule has 1 rings (SSSR count). The standard InChI is InChI=1S/C15H22N2O3/c1-11(12-7-5-4-6-8-12)9-16-13(18)10-17-15(2,3)14(19)20/h4-8,11,17H,9-10H2,1-3H3,(H,16,18)(H,19,20). The van der Waals surface area contributed by atoms with E-state index in [0.717, 1.165) is 5.56 Å². The molecule has 1 unspecified atom stereocenters. The number of benzene rings is 1. The molecule has 0 aromatic heterocycles. The Kier molecular flexibility index (Phi) is 5.70. The monoisotopic (exact) mass is 278 g/mol. The second kappa shape index (κ2) is 7.05. The summed E-state index contributed by atoms with van der Waals surface area (Å²) in [5.41, 5.74) is 0.0502. The van der Waals surface area contributed by atoms with Gasteiger partial charge in [0, 0.05) is 6.54 Å². The number of amides is 1. The fourth-order valence-corrected chi connectivity index (χ4v) is 1.61. The summed E-state index contributed by atoms with van der Waals surface area (Å²) in [4.78, 5) is 22.6. The van der Waals surface area contributed by atoms with Crippen LogP contribution >= 0.6 is 0 Å². The van der Waals surface area contributed by atoms with Gasteiger partial charge in [-0.2, -0.15) is 0 Å². The fourth-order valence-electron chi connectivity index (χ4n) is 1.61. The summed E-state index contributed by atoms with van der Waals surface area (Å²) < 4.78 is 0. The lowest BCUT2D eigenvalue weighted by atomic mass is 10.0. The van der Waals surface area contributed by atoms with E-state index >= 15 is 0 Å². The molecule has 3 N–H and O–H groups in total. The van der Waals surface area contributed by atoms with Crippen LogP contribution in [0.5, 0.6) is 0 Å². The molecule has 5 heteroatoms. The summed E-state index contributed by atoms with van der Waals surface area (Å²) >= 11 is 0. The van der Waals surface area contributed by atoms with Gasteiger partial charge in [-0.15, -0.1) is 0 Å². The van der Waals surface area contributed by atoms with E-state index in [0.29, 0.717) is 6.54 Å². The minimum atomic E-state index is -1.11. The Morgan fingerprint density at radius 2 is 1.85 bits per heavy atom. The van der Waals surface area contributed by atoms with Crippen molar-refractivity contribution >= 4 is 11.9 Å². The average Bonchev–Trinajstić information content (AvgIpc) is 2.43. The Balaban J connectivity index is 2.35. The zero-order valence-corrected chi connectivity index (χ0v) is 12.1. The van der Waals surface area contributed by atoms with Crippen molar-refractivity contribution in [1.29, 1.82) is 0 Å². The lowest BCUT2D eigenvalue weighted by Crippen LogP contribution is -2.50. The highest BCUT2D eigenvalue weighted by Crippen LogP contribution is 2.12. The Labute approximate surface area is 119 Å². The van der Waals surface area contributed by atoms with Gasteiger partial charge in [-0.3, -0.25) is 14.9 Å². The number of hydrogen-bond acceptors (Lipinski definition) is 3. The molecule has 0 fully saturated rings. The zero-order chi connectivity index (χ0) is 15.2. The number of carbonyl (C=O) groups excluding carboxylic acids is 1. The molecule has 1 atom stereocenters. The quantitative estimate of drug-likeness (QED) is 0.703. The van der Waals surface area contributed by atoms with Crippen LogP contribution in [0.25, 0.3) is 0 Å². The van der Waals surface area contributed by atoms with Gasteiger partial charge in [0.2, 0.25) is 5.91 Å². The van der Waals surface area contributed by atoms with Crippen LogP contribution in [0.2, 0.25) is 0 Å². The predicted molar refractivity (Wildman–Crippen MR) is 77.6 cm³/mol. The van der Waals surface area contributed by atoms with Gasteiger partial charge in [-0.05, 0) is 25.3 Å². The third-order valence-corrected chi connectivity index (χ3v) is 3.20. The van der Waals surface area contributed by atoms with Gasteiger partial charge in [-0.1, -0.05) is 37.3 Å². The van der Waals surface area contributed by atoms with E-state index in [1.54, 1.807) is 0 Å². The highest BCUT2D eigenvalue weighted by Gasteiger charge is 2.26. The van der Waals surface area contributed by atoms with E-state index in [1.165, 1.54) is 13.8 Å². The van der Waals surface area contributed by atoms with Crippen LogP contribution in [0.3, 0.4) is 0 Å². The van der Waals surface area contributed by atoms with Crippen molar-refractivity contribution in [3.63, 3.8) is 0 Å². The first-order valence-corrected chi connectivity index (χ1v) is 6.63. The molecular weight excluding hydrogens is 256 g/mol. The number of carbonyl (C=O) groups is 2. The van der Waals surface area contributed by atoms with Crippen molar-refractivity contribution in [2.45, 2.75) is 32.2 Å². The molecule has 0 radical (unpaired) electrons. The van der Waals surface area contributed by atoms with Crippen molar-refractivity contribution in [1.82, 2.24) is 10.6 Å². The van der Waals surface area contributed by atoms with E-state index in [-0.39, 0.29) is 18.4 Å². The average molecular weight is 278 g/mol. The molecule has 0 saturated carbocycles. The second-order valence-corrected chi connectivity index (χ2v) is 5.40. The van der Waals surface area contributed by atoms with Crippen LogP contribution in [0.1, 0.15) is 32.3 Å². The number of rotatable bonds is 7. The van der Waals surface area contributed by atoms with Crippen LogP contribution < -0.4 is 10.6 Å². The highest BCUT2D eigenvalue weighted by atomic mass is 16.4. The van der Waals surface area contributed by atoms with Crippen molar-refractivity contribution in [3.05, 3.63) is 35.9 Å². The lowest BCUT2D eigenvalue weighted by Gasteiger charge is -2.21. The molecule has 20 heavy (non-hydrogen) atoms. The summed E-state index contributed by atoms with van der Waals surface area (Å²) in [5.74, 6) is -0.974. The first kappa shape index (κ1) is 16.2. The molecule has 0 aliphatic heterocycles. The summed E-state index contributed by atoms with van der Waals surface area (Å²) in [5, 5.41) is 14.4. The van der Waals surface area contributed by atoms with Gasteiger partial charge >= 0.3 is 5.97 Å². The van der Waals surface area contributed by atoms with Crippen LogP contribution in [-0.2, 0) is 9.59 Å². The Morgan fingerprint density at radius 1 is 1.25 bits per heavy atom. The number of aliphatic carboxylic acids is 1. The molecule has 0 spiro atoms. The van der Waals surface area contributed by atoms with Crippen LogP contribution in [0.4, 0.5) is 0 Å². The number of nitrogens with one attached hydrogen (secondary N) is 2. The predicted octanol–water partition coefficient (Wildman–Crippen LogP) is 1.36. The van der Waals surface area contributed by atoms with Crippen molar-refractivity contribution in [3.8, 4) is 0 Å². The summed E-state index contributed by atoms with van der Waals surface area (Å²) in [6.45, 7) is 5.59. The fraction of sp³-hybridized carbons (Fsp3) is 0.467. The van der Waals surface area contributed by atoms with Crippen molar-refractivity contribution in [2.75, 3.05) is 13.1 Å². The maximum absolute atomic E-state index is 11.7. The Morgan fingerprint density at radius 3 is 2.40 bits per heavy atom. The summed E-state index contributed by atoms with van der Waals surface area (Å²) in [7, 11) is 0.